The molecule has 278 valence electrons. The van der Waals surface area contributed by atoms with Crippen LogP contribution in [0.1, 0.15) is 32.4 Å². The first kappa shape index (κ1) is 38.0. The van der Waals surface area contributed by atoms with Crippen LogP contribution in [0.5, 0.6) is 11.5 Å². The van der Waals surface area contributed by atoms with Crippen molar-refractivity contribution in [2.75, 3.05) is 24.9 Å². The second-order valence-electron chi connectivity index (χ2n) is 12.3. The Morgan fingerprint density at radius 3 is 2.11 bits per heavy atom. The zero-order valence-electron chi connectivity index (χ0n) is 30.6. The van der Waals surface area contributed by atoms with Crippen LogP contribution in [0.25, 0.3) is 11.8 Å². The van der Waals surface area contributed by atoms with Crippen LogP contribution in [-0.4, -0.2) is 41.3 Å². The molecule has 3 amide bonds. The monoisotopic (exact) mass is 753 g/mol. The van der Waals surface area contributed by atoms with E-state index < -0.39 is 23.0 Å². The minimum Gasteiger partial charge on any atom is -0.497 e. The molecule has 11 nitrogen and oxygen atoms in total. The largest absolute Gasteiger partial charge is 0.497 e. The summed E-state index contributed by atoms with van der Waals surface area (Å²) in [6.45, 7) is 1.78. The number of nitrogens with one attached hydrogen (secondary N) is 3. The molecular formula is C43H39N5O6S. The summed E-state index contributed by atoms with van der Waals surface area (Å²) < 4.78 is 14.1. The first-order valence-electron chi connectivity index (χ1n) is 17.2. The van der Waals surface area contributed by atoms with Gasteiger partial charge in [0.25, 0.3) is 17.4 Å². The standard InChI is InChI=1S/C43H39N5O6S/c1-28-38(43(52)48(47(28)2)33-20-12-7-13-21-33)46-42(51)39(29-15-8-5-9-16-29)55-35-22-14-19-32(27-35)44-41(50)36(45-40(49)30-17-10-6-11-18-30)26-31-25-34(53-3)23-24-37(31)54-4/h5-27,39H,1-4H3,(H,44,50)(H,45,49)(H,46,51)/b36-26+. The van der Waals surface area contributed by atoms with Crippen LogP contribution in [0.3, 0.4) is 0 Å². The number of rotatable bonds is 13. The third kappa shape index (κ3) is 8.89. The van der Waals surface area contributed by atoms with E-state index in [0.29, 0.717) is 44.6 Å². The van der Waals surface area contributed by atoms with Gasteiger partial charge in [0, 0.05) is 28.8 Å². The highest BCUT2D eigenvalue weighted by molar-refractivity contribution is 8.00. The molecule has 0 spiro atoms. The molecule has 3 N–H and O–H groups in total. The molecule has 0 aliphatic heterocycles. The van der Waals surface area contributed by atoms with Gasteiger partial charge < -0.3 is 25.4 Å². The van der Waals surface area contributed by atoms with Crippen LogP contribution in [0, 0.1) is 6.92 Å². The number of ether oxygens (including phenoxy) is 2. The maximum atomic E-state index is 14.1. The smallest absolute Gasteiger partial charge is 0.295 e. The molecule has 0 bridgehead atoms. The van der Waals surface area contributed by atoms with Crippen molar-refractivity contribution >= 4 is 46.9 Å². The molecule has 1 heterocycles. The van der Waals surface area contributed by atoms with Crippen molar-refractivity contribution < 1.29 is 23.9 Å². The molecule has 6 rings (SSSR count). The lowest BCUT2D eigenvalue weighted by atomic mass is 10.1. The molecule has 12 heteroatoms. The molecule has 55 heavy (non-hydrogen) atoms. The van der Waals surface area contributed by atoms with Crippen LogP contribution in [-0.2, 0) is 16.6 Å². The fraction of sp³-hybridized carbons (Fsp3) is 0.116. The van der Waals surface area contributed by atoms with Crippen molar-refractivity contribution in [3.63, 3.8) is 0 Å². The number of benzene rings is 5. The van der Waals surface area contributed by atoms with Gasteiger partial charge in [-0.1, -0.05) is 72.8 Å². The minimum atomic E-state index is -0.766. The quantitative estimate of drug-likeness (QED) is 0.0828. The average Bonchev–Trinajstić information content (AvgIpc) is 3.42. The average molecular weight is 754 g/mol. The fourth-order valence-electron chi connectivity index (χ4n) is 5.83. The van der Waals surface area contributed by atoms with Crippen LogP contribution in [0.2, 0.25) is 0 Å². The molecule has 1 aromatic heterocycles. The Labute approximate surface area is 322 Å². The zero-order valence-corrected chi connectivity index (χ0v) is 31.4. The van der Waals surface area contributed by atoms with E-state index in [1.807, 2.05) is 66.7 Å². The summed E-state index contributed by atoms with van der Waals surface area (Å²) in [5.41, 5.74) is 3.07. The van der Waals surface area contributed by atoms with Crippen LogP contribution < -0.4 is 31.0 Å². The van der Waals surface area contributed by atoms with Crippen molar-refractivity contribution in [1.82, 2.24) is 14.7 Å². The number of thioether (sulfide) groups is 1. The zero-order chi connectivity index (χ0) is 38.9. The Bertz CT molecular complexity index is 2410. The molecular weight excluding hydrogens is 715 g/mol. The summed E-state index contributed by atoms with van der Waals surface area (Å²) in [4.78, 5) is 55.6. The van der Waals surface area contributed by atoms with Gasteiger partial charge in [0.15, 0.2) is 0 Å². The number of hydrogen-bond donors (Lipinski definition) is 3. The fourth-order valence-corrected chi connectivity index (χ4v) is 6.92. The first-order valence-corrected chi connectivity index (χ1v) is 18.1. The highest BCUT2D eigenvalue weighted by Crippen LogP contribution is 2.37. The van der Waals surface area contributed by atoms with Gasteiger partial charge in [0.1, 0.15) is 28.1 Å². The number of nitrogens with zero attached hydrogens (tertiary/aromatic N) is 2. The third-order valence-electron chi connectivity index (χ3n) is 8.75. The lowest BCUT2D eigenvalue weighted by Gasteiger charge is -2.17. The van der Waals surface area contributed by atoms with Gasteiger partial charge >= 0.3 is 0 Å². The van der Waals surface area contributed by atoms with Gasteiger partial charge in [0.2, 0.25) is 5.91 Å². The van der Waals surface area contributed by atoms with Gasteiger partial charge in [-0.05, 0) is 79.2 Å². The maximum absolute atomic E-state index is 14.1. The Hall–Kier alpha value is -6.79. The molecule has 0 saturated heterocycles. The number of carbonyl (C=O) groups excluding carboxylic acids is 3. The highest BCUT2D eigenvalue weighted by Gasteiger charge is 2.26. The minimum absolute atomic E-state index is 0.0422. The Balaban J connectivity index is 1.28. The molecule has 0 fully saturated rings. The number of anilines is 2. The number of methoxy groups -OCH3 is 2. The lowest BCUT2D eigenvalue weighted by Crippen LogP contribution is -2.30. The molecule has 0 saturated carbocycles. The Kier molecular flexibility index (Phi) is 12.0. The van der Waals surface area contributed by atoms with Gasteiger partial charge in [-0.15, -0.1) is 11.8 Å². The second kappa shape index (κ2) is 17.4. The molecule has 0 aliphatic rings. The van der Waals surface area contributed by atoms with Crippen molar-refractivity contribution in [3.05, 3.63) is 172 Å². The summed E-state index contributed by atoms with van der Waals surface area (Å²) >= 11 is 1.26. The summed E-state index contributed by atoms with van der Waals surface area (Å²) in [7, 11) is 4.81. The van der Waals surface area contributed by atoms with E-state index in [4.69, 9.17) is 9.47 Å². The van der Waals surface area contributed by atoms with Crippen molar-refractivity contribution in [2.45, 2.75) is 17.1 Å². The molecule has 0 aliphatic carbocycles. The van der Waals surface area contributed by atoms with Crippen LogP contribution in [0.15, 0.2) is 149 Å². The van der Waals surface area contributed by atoms with Gasteiger partial charge in [0.05, 0.1) is 25.6 Å². The van der Waals surface area contributed by atoms with Gasteiger partial charge in [-0.2, -0.15) is 0 Å². The number of carbonyl (C=O) groups is 3. The Morgan fingerprint density at radius 1 is 0.764 bits per heavy atom. The highest BCUT2D eigenvalue weighted by atomic mass is 32.2. The maximum Gasteiger partial charge on any atom is 0.295 e. The lowest BCUT2D eigenvalue weighted by molar-refractivity contribution is -0.116. The van der Waals surface area contributed by atoms with Gasteiger partial charge in [-0.3, -0.25) is 23.9 Å². The molecule has 1 atom stereocenters. The number of amides is 3. The topological polar surface area (TPSA) is 133 Å². The number of para-hydroxylation sites is 1. The van der Waals surface area contributed by atoms with Crippen LogP contribution >= 0.6 is 11.8 Å². The molecule has 0 radical (unpaired) electrons. The molecule has 6 aromatic rings. The van der Waals surface area contributed by atoms with Crippen LogP contribution in [0.4, 0.5) is 11.4 Å². The van der Waals surface area contributed by atoms with E-state index in [1.165, 1.54) is 36.7 Å². The van der Waals surface area contributed by atoms with Crippen molar-refractivity contribution in [2.24, 2.45) is 7.05 Å². The van der Waals surface area contributed by atoms with E-state index in [0.717, 1.165) is 5.56 Å². The van der Waals surface area contributed by atoms with Crippen molar-refractivity contribution in [1.29, 1.82) is 0 Å². The molecule has 5 aromatic carbocycles. The predicted molar refractivity (Wildman–Crippen MR) is 216 cm³/mol. The van der Waals surface area contributed by atoms with Gasteiger partial charge in [-0.25, -0.2) is 4.68 Å². The summed E-state index contributed by atoms with van der Waals surface area (Å²) in [6, 6.07) is 39.2. The Morgan fingerprint density at radius 2 is 1.44 bits per heavy atom. The SMILES string of the molecule is COc1ccc(OC)c(/C=C(/NC(=O)c2ccccc2)C(=O)Nc2cccc(SC(C(=O)Nc3c(C)n(C)n(-c4ccccc4)c3=O)c3ccccc3)c2)c1. The number of aromatic nitrogens is 2. The van der Waals surface area contributed by atoms with E-state index in [1.54, 1.807) is 85.4 Å². The van der Waals surface area contributed by atoms with E-state index in [-0.39, 0.29) is 16.9 Å². The van der Waals surface area contributed by atoms with E-state index in [2.05, 4.69) is 16.0 Å². The van der Waals surface area contributed by atoms with Crippen molar-refractivity contribution in [3.8, 4) is 17.2 Å². The molecule has 1 unspecified atom stereocenters. The number of hydrogen-bond acceptors (Lipinski definition) is 7. The third-order valence-corrected chi connectivity index (χ3v) is 10.0. The second-order valence-corrected chi connectivity index (χ2v) is 13.5. The summed E-state index contributed by atoms with van der Waals surface area (Å²) in [5.74, 6) is -0.463. The van der Waals surface area contributed by atoms with E-state index >= 15 is 0 Å². The first-order chi connectivity index (χ1) is 26.7. The van der Waals surface area contributed by atoms with E-state index in [9.17, 15) is 19.2 Å². The normalized spacial score (nSPS) is 11.7. The predicted octanol–water partition coefficient (Wildman–Crippen LogP) is 7.38. The summed E-state index contributed by atoms with van der Waals surface area (Å²) in [5, 5.41) is 7.79. The summed E-state index contributed by atoms with van der Waals surface area (Å²) in [6.07, 6.45) is 1.52.